The molecule has 5 nitrogen and oxygen atoms in total. The molecule has 1 fully saturated rings. The lowest BCUT2D eigenvalue weighted by molar-refractivity contribution is -0.126. The minimum absolute atomic E-state index is 0.00500. The van der Waals surface area contributed by atoms with Crippen LogP contribution in [0.25, 0.3) is 0 Å². The van der Waals surface area contributed by atoms with Crippen molar-refractivity contribution in [2.75, 3.05) is 18.1 Å². The zero-order valence-corrected chi connectivity index (χ0v) is 13.9. The van der Waals surface area contributed by atoms with Crippen molar-refractivity contribution in [3.63, 3.8) is 0 Å². The minimum atomic E-state index is -0.315. The topological polar surface area (TPSA) is 69.6 Å². The number of aliphatic hydroxyl groups excluding tert-OH is 1. The summed E-state index contributed by atoms with van der Waals surface area (Å²) in [6.45, 7) is 2.62. The molecule has 3 rings (SSSR count). The maximum absolute atomic E-state index is 12.4. The number of carbonyl (C=O) groups excluding carboxylic acids is 2. The highest BCUT2D eigenvalue weighted by Gasteiger charge is 2.36. The normalized spacial score (nSPS) is 26.2. The van der Waals surface area contributed by atoms with Crippen molar-refractivity contribution in [3.8, 4) is 0 Å². The number of amides is 2. The number of aliphatic hydroxyl groups is 1. The number of hydrogen-bond acceptors (Lipinski definition) is 3. The number of carbonyl (C=O) groups is 2. The van der Waals surface area contributed by atoms with Crippen LogP contribution in [0.4, 0.5) is 5.69 Å². The van der Waals surface area contributed by atoms with E-state index in [2.05, 4.69) is 12.2 Å². The molecule has 2 amide bonds. The Balaban J connectivity index is 1.59. The highest BCUT2D eigenvalue weighted by atomic mass is 16.3. The van der Waals surface area contributed by atoms with Gasteiger partial charge in [-0.15, -0.1) is 0 Å². The summed E-state index contributed by atoms with van der Waals surface area (Å²) in [6, 6.07) is 7.90. The first-order chi connectivity index (χ1) is 11.6. The third-order valence-corrected chi connectivity index (χ3v) is 4.89. The molecule has 128 valence electrons. The van der Waals surface area contributed by atoms with E-state index in [4.69, 9.17) is 5.11 Å². The van der Waals surface area contributed by atoms with Crippen molar-refractivity contribution in [1.82, 2.24) is 5.32 Å². The molecule has 1 aliphatic heterocycles. The second kappa shape index (κ2) is 7.18. The maximum Gasteiger partial charge on any atom is 0.227 e. The van der Waals surface area contributed by atoms with Crippen LogP contribution in [0.5, 0.6) is 0 Å². The Morgan fingerprint density at radius 1 is 1.29 bits per heavy atom. The first-order valence-corrected chi connectivity index (χ1v) is 8.59. The molecule has 5 heteroatoms. The molecule has 1 aromatic carbocycles. The molecule has 1 unspecified atom stereocenters. The van der Waals surface area contributed by atoms with Crippen LogP contribution in [0, 0.1) is 11.8 Å². The van der Waals surface area contributed by atoms with Crippen molar-refractivity contribution in [3.05, 3.63) is 42.0 Å². The molecule has 1 aromatic rings. The van der Waals surface area contributed by atoms with E-state index in [1.807, 2.05) is 36.4 Å². The summed E-state index contributed by atoms with van der Waals surface area (Å²) in [5.41, 5.74) is 2.08. The smallest absolute Gasteiger partial charge is 0.227 e. The van der Waals surface area contributed by atoms with E-state index in [0.717, 1.165) is 18.5 Å². The number of aryl methyl sites for hydroxylation is 1. The van der Waals surface area contributed by atoms with E-state index in [9.17, 15) is 9.59 Å². The van der Waals surface area contributed by atoms with Crippen molar-refractivity contribution in [2.45, 2.75) is 32.2 Å². The van der Waals surface area contributed by atoms with E-state index in [1.165, 1.54) is 5.56 Å². The van der Waals surface area contributed by atoms with Gasteiger partial charge < -0.3 is 15.3 Å². The maximum atomic E-state index is 12.4. The third-order valence-electron chi connectivity index (χ3n) is 4.89. The molecule has 3 atom stereocenters. The second-order valence-electron chi connectivity index (χ2n) is 6.60. The lowest BCUT2D eigenvalue weighted by Crippen LogP contribution is -2.38. The molecule has 1 saturated heterocycles. The third kappa shape index (κ3) is 3.51. The van der Waals surface area contributed by atoms with Crippen LogP contribution in [-0.4, -0.2) is 36.1 Å². The molecular weight excluding hydrogens is 304 g/mol. The average Bonchev–Trinajstić information content (AvgIpc) is 3.21. The fourth-order valence-electron chi connectivity index (χ4n) is 3.36. The lowest BCUT2D eigenvalue weighted by atomic mass is 10.1. The SMILES string of the molecule is CCc1ccc(N2CC(C(=O)N[C@@H]3C=C[C@H](CO)C3)CC2=O)cc1. The molecular formula is C19H24N2O3. The predicted octanol–water partition coefficient (Wildman–Crippen LogP) is 1.66. The van der Waals surface area contributed by atoms with E-state index in [-0.39, 0.29) is 42.7 Å². The zero-order chi connectivity index (χ0) is 17.1. The van der Waals surface area contributed by atoms with Crippen molar-refractivity contribution < 1.29 is 14.7 Å². The van der Waals surface area contributed by atoms with Gasteiger partial charge in [0.05, 0.1) is 5.92 Å². The van der Waals surface area contributed by atoms with Crippen molar-refractivity contribution >= 4 is 17.5 Å². The second-order valence-corrected chi connectivity index (χ2v) is 6.60. The molecule has 0 radical (unpaired) electrons. The number of benzene rings is 1. The molecule has 0 aromatic heterocycles. The fraction of sp³-hybridized carbons (Fsp3) is 0.474. The molecule has 24 heavy (non-hydrogen) atoms. The number of rotatable bonds is 5. The predicted molar refractivity (Wildman–Crippen MR) is 92.5 cm³/mol. The van der Waals surface area contributed by atoms with Gasteiger partial charge in [-0.3, -0.25) is 9.59 Å². The molecule has 2 N–H and O–H groups in total. The number of anilines is 1. The minimum Gasteiger partial charge on any atom is -0.396 e. The van der Waals surface area contributed by atoms with Gasteiger partial charge in [0.25, 0.3) is 0 Å². The van der Waals surface area contributed by atoms with Gasteiger partial charge in [0.15, 0.2) is 0 Å². The highest BCUT2D eigenvalue weighted by molar-refractivity contribution is 6.00. The van der Waals surface area contributed by atoms with Crippen LogP contribution >= 0.6 is 0 Å². The highest BCUT2D eigenvalue weighted by Crippen LogP contribution is 2.26. The molecule has 1 heterocycles. The Labute approximate surface area is 142 Å². The summed E-state index contributed by atoms with van der Waals surface area (Å²) < 4.78 is 0. The monoisotopic (exact) mass is 328 g/mol. The molecule has 0 bridgehead atoms. The Hall–Kier alpha value is -2.14. The quantitative estimate of drug-likeness (QED) is 0.808. The van der Waals surface area contributed by atoms with Crippen LogP contribution < -0.4 is 10.2 Å². The molecule has 0 spiro atoms. The van der Waals surface area contributed by atoms with Gasteiger partial charge in [0.2, 0.25) is 11.8 Å². The first kappa shape index (κ1) is 16.7. The summed E-state index contributed by atoms with van der Waals surface area (Å²) in [4.78, 5) is 26.4. The average molecular weight is 328 g/mol. The van der Waals surface area contributed by atoms with Gasteiger partial charge in [0, 0.05) is 37.2 Å². The fourth-order valence-corrected chi connectivity index (χ4v) is 3.36. The zero-order valence-electron chi connectivity index (χ0n) is 13.9. The Bertz CT molecular complexity index is 639. The standard InChI is InChI=1S/C19H24N2O3/c1-2-13-4-7-17(8-5-13)21-11-15(10-18(21)23)19(24)20-16-6-3-14(9-16)12-22/h3-8,14-16,22H,2,9-12H2,1H3,(H,20,24)/t14-,15?,16+/m0/s1. The summed E-state index contributed by atoms with van der Waals surface area (Å²) in [5.74, 6) is -0.280. The van der Waals surface area contributed by atoms with E-state index < -0.39 is 0 Å². The summed E-state index contributed by atoms with van der Waals surface area (Å²) in [6.07, 6.45) is 5.80. The van der Waals surface area contributed by atoms with Crippen LogP contribution in [0.1, 0.15) is 25.3 Å². The summed E-state index contributed by atoms with van der Waals surface area (Å²) in [7, 11) is 0. The van der Waals surface area contributed by atoms with Gasteiger partial charge in [-0.25, -0.2) is 0 Å². The van der Waals surface area contributed by atoms with Crippen LogP contribution in [0.2, 0.25) is 0 Å². The van der Waals surface area contributed by atoms with Gasteiger partial charge in [-0.2, -0.15) is 0 Å². The van der Waals surface area contributed by atoms with E-state index >= 15 is 0 Å². The summed E-state index contributed by atoms with van der Waals surface area (Å²) >= 11 is 0. The molecule has 2 aliphatic rings. The number of hydrogen-bond donors (Lipinski definition) is 2. The van der Waals surface area contributed by atoms with Crippen LogP contribution in [0.15, 0.2) is 36.4 Å². The Morgan fingerprint density at radius 3 is 2.67 bits per heavy atom. The van der Waals surface area contributed by atoms with Crippen molar-refractivity contribution in [1.29, 1.82) is 0 Å². The Kier molecular flexibility index (Phi) is 5.00. The molecule has 0 saturated carbocycles. The Morgan fingerprint density at radius 2 is 2.04 bits per heavy atom. The van der Waals surface area contributed by atoms with Gasteiger partial charge in [0.1, 0.15) is 0 Å². The first-order valence-electron chi connectivity index (χ1n) is 8.59. The summed E-state index contributed by atoms with van der Waals surface area (Å²) in [5, 5.41) is 12.1. The van der Waals surface area contributed by atoms with Gasteiger partial charge in [-0.05, 0) is 30.5 Å². The van der Waals surface area contributed by atoms with Gasteiger partial charge in [-0.1, -0.05) is 31.2 Å². The molecule has 1 aliphatic carbocycles. The van der Waals surface area contributed by atoms with E-state index in [1.54, 1.807) is 4.90 Å². The van der Waals surface area contributed by atoms with Crippen molar-refractivity contribution in [2.24, 2.45) is 11.8 Å². The lowest BCUT2D eigenvalue weighted by Gasteiger charge is -2.18. The number of nitrogens with one attached hydrogen (secondary N) is 1. The van der Waals surface area contributed by atoms with Crippen LogP contribution in [-0.2, 0) is 16.0 Å². The largest absolute Gasteiger partial charge is 0.396 e. The van der Waals surface area contributed by atoms with Crippen LogP contribution in [0.3, 0.4) is 0 Å². The number of nitrogens with zero attached hydrogens (tertiary/aromatic N) is 1. The van der Waals surface area contributed by atoms with Gasteiger partial charge >= 0.3 is 0 Å². The van der Waals surface area contributed by atoms with E-state index in [0.29, 0.717) is 6.54 Å².